The van der Waals surface area contributed by atoms with Crippen molar-refractivity contribution < 1.29 is 75.8 Å². The van der Waals surface area contributed by atoms with Gasteiger partial charge in [-0.3, -0.25) is 32.5 Å². The van der Waals surface area contributed by atoms with Gasteiger partial charge in [0.25, 0.3) is 0 Å². The van der Waals surface area contributed by atoms with Gasteiger partial charge in [0.2, 0.25) is 0 Å². The Bertz CT molecular complexity index is 3040. The third kappa shape index (κ3) is 92.4. The summed E-state index contributed by atoms with van der Waals surface area (Å²) >= 11 is 0. The Morgan fingerprint density at radius 2 is 0.420 bits per heavy atom. The number of allylic oxidation sites excluding steroid dienone is 36. The molecule has 0 aliphatic rings. The van der Waals surface area contributed by atoms with Crippen LogP contribution in [0, 0.1) is 0 Å². The van der Waals surface area contributed by atoms with Crippen LogP contribution in [-0.4, -0.2) is 95.9 Å². The van der Waals surface area contributed by atoms with Crippen molar-refractivity contribution in [2.24, 2.45) is 0 Å². The molecule has 5 atom stereocenters. The van der Waals surface area contributed by atoms with Gasteiger partial charge in [-0.2, -0.15) is 0 Å². The maximum atomic E-state index is 13.1. The number of carbonyl (C=O) groups excluding carboxylic acids is 3. The molecule has 674 valence electrons. The largest absolute Gasteiger partial charge is 0.472 e. The van der Waals surface area contributed by atoms with Crippen LogP contribution in [0.1, 0.15) is 342 Å². The quantitative estimate of drug-likeness (QED) is 0.0146. The van der Waals surface area contributed by atoms with Gasteiger partial charge in [0, 0.05) is 19.3 Å². The number of hydrogen-bond donors (Lipinski definition) is 4. The van der Waals surface area contributed by atoms with Crippen molar-refractivity contribution in [3.63, 3.8) is 0 Å². The lowest BCUT2D eigenvalue weighted by molar-refractivity contribution is -0.161. The first kappa shape index (κ1) is 113. The van der Waals surface area contributed by atoms with Crippen molar-refractivity contribution in [1.29, 1.82) is 0 Å². The number of unbranched alkanes of at least 4 members (excludes halogenated alkanes) is 26. The van der Waals surface area contributed by atoms with Crippen LogP contribution in [-0.2, 0) is 55.8 Å². The van der Waals surface area contributed by atoms with Crippen molar-refractivity contribution in [3.05, 3.63) is 219 Å². The summed E-state index contributed by atoms with van der Waals surface area (Å²) in [6, 6.07) is 0. The molecule has 4 N–H and O–H groups in total. The van der Waals surface area contributed by atoms with E-state index in [1.54, 1.807) is 0 Å². The number of esters is 3. The molecule has 0 spiro atoms. The second-order valence-electron chi connectivity index (χ2n) is 30.0. The van der Waals surface area contributed by atoms with E-state index in [0.717, 1.165) is 180 Å². The summed E-state index contributed by atoms with van der Waals surface area (Å²) in [5.41, 5.74) is 0. The zero-order chi connectivity index (χ0) is 86.5. The van der Waals surface area contributed by atoms with Crippen LogP contribution < -0.4 is 0 Å². The van der Waals surface area contributed by atoms with Crippen LogP contribution in [0.4, 0.5) is 0 Å². The fourth-order valence-corrected chi connectivity index (χ4v) is 13.4. The van der Waals surface area contributed by atoms with E-state index >= 15 is 0 Å². The number of aliphatic hydroxyl groups is 2. The SMILES string of the molecule is CC/C=C\C/C=C\C/C=C\C/C=C\C/C=C\C/C=C\CCCCCCCCCCCCCCC(=O)OCC(O)COP(=O)(O)OCC(O)COP(=O)(O)OCC(COC(=O)CCCCCCCCCCCCCC/C=C\C/C=C\C/C=C\C/C=C\C/C=C\C/C=C\CC)OC(=O)CCCC/C=C\C/C=C\C/C=C\C/C=C\C/C=C\C/C=C\CC. The smallest absolute Gasteiger partial charge is 0.463 e. The molecule has 0 aromatic carbocycles. The predicted octanol–water partition coefficient (Wildman–Crippen LogP) is 28.5. The van der Waals surface area contributed by atoms with E-state index in [1.165, 1.54) is 96.3 Å². The second-order valence-corrected chi connectivity index (χ2v) is 32.9. The number of phosphoric acid groups is 2. The van der Waals surface area contributed by atoms with Gasteiger partial charge in [-0.1, -0.05) is 368 Å². The van der Waals surface area contributed by atoms with Gasteiger partial charge in [-0.15, -0.1) is 0 Å². The highest BCUT2D eigenvalue weighted by atomic mass is 31.2. The van der Waals surface area contributed by atoms with Gasteiger partial charge in [0.1, 0.15) is 25.4 Å². The minimum absolute atomic E-state index is 0.0416. The van der Waals surface area contributed by atoms with Crippen LogP contribution in [0.2, 0.25) is 0 Å². The summed E-state index contributed by atoms with van der Waals surface area (Å²) in [4.78, 5) is 59.0. The van der Waals surface area contributed by atoms with E-state index in [9.17, 15) is 43.5 Å². The highest BCUT2D eigenvalue weighted by Gasteiger charge is 2.29. The van der Waals surface area contributed by atoms with E-state index in [1.807, 2.05) is 0 Å². The summed E-state index contributed by atoms with van der Waals surface area (Å²) in [7, 11) is -9.84. The molecule has 0 heterocycles. The first-order valence-corrected chi connectivity index (χ1v) is 49.0. The molecule has 18 heteroatoms. The number of carbonyl (C=O) groups is 3. The average Bonchev–Trinajstić information content (AvgIpc) is 0.905. The predicted molar refractivity (Wildman–Crippen MR) is 500 cm³/mol. The van der Waals surface area contributed by atoms with E-state index in [0.29, 0.717) is 25.7 Å². The van der Waals surface area contributed by atoms with Crippen molar-refractivity contribution in [1.82, 2.24) is 0 Å². The molecular formula is C101H164O16P2. The Morgan fingerprint density at radius 1 is 0.235 bits per heavy atom. The molecule has 0 aromatic rings. The van der Waals surface area contributed by atoms with Crippen molar-refractivity contribution in [3.8, 4) is 0 Å². The molecule has 16 nitrogen and oxygen atoms in total. The van der Waals surface area contributed by atoms with Crippen molar-refractivity contribution in [2.45, 2.75) is 360 Å². The number of phosphoric ester groups is 2. The molecular weight excluding hydrogens is 1530 g/mol. The third-order valence-electron chi connectivity index (χ3n) is 18.7. The summed E-state index contributed by atoms with van der Waals surface area (Å²) < 4.78 is 61.4. The van der Waals surface area contributed by atoms with Gasteiger partial charge in [-0.05, 0) is 173 Å². The maximum absolute atomic E-state index is 13.1. The van der Waals surface area contributed by atoms with Crippen LogP contribution in [0.15, 0.2) is 219 Å². The van der Waals surface area contributed by atoms with Gasteiger partial charge < -0.3 is 34.2 Å². The number of aliphatic hydroxyl groups excluding tert-OH is 2. The number of hydrogen-bond acceptors (Lipinski definition) is 14. The minimum atomic E-state index is -4.96. The molecule has 0 amide bonds. The molecule has 119 heavy (non-hydrogen) atoms. The first-order chi connectivity index (χ1) is 58.2. The monoisotopic (exact) mass is 1700 g/mol. The molecule has 0 aromatic heterocycles. The Hall–Kier alpha value is -6.13. The lowest BCUT2D eigenvalue weighted by atomic mass is 10.0. The molecule has 5 unspecified atom stereocenters. The van der Waals surface area contributed by atoms with E-state index < -0.39 is 91.5 Å². The highest BCUT2D eigenvalue weighted by molar-refractivity contribution is 7.47. The normalized spacial score (nSPS) is 14.8. The summed E-state index contributed by atoms with van der Waals surface area (Å²) in [6.07, 6.45) is 124. The Balaban J connectivity index is 4.65. The van der Waals surface area contributed by atoms with Crippen LogP contribution >= 0.6 is 15.6 Å². The molecule has 0 radical (unpaired) electrons. The highest BCUT2D eigenvalue weighted by Crippen LogP contribution is 2.45. The van der Waals surface area contributed by atoms with Gasteiger partial charge in [0.15, 0.2) is 6.10 Å². The van der Waals surface area contributed by atoms with Crippen LogP contribution in [0.3, 0.4) is 0 Å². The molecule has 0 rings (SSSR count). The van der Waals surface area contributed by atoms with Gasteiger partial charge in [0.05, 0.1) is 26.4 Å². The van der Waals surface area contributed by atoms with E-state index in [2.05, 4.69) is 240 Å². The molecule has 0 saturated heterocycles. The molecule has 0 fully saturated rings. The molecule has 0 bridgehead atoms. The number of ether oxygens (including phenoxy) is 3. The fourth-order valence-electron chi connectivity index (χ4n) is 11.8. The lowest BCUT2D eigenvalue weighted by Gasteiger charge is -2.21. The zero-order valence-corrected chi connectivity index (χ0v) is 76.0. The van der Waals surface area contributed by atoms with Crippen LogP contribution in [0.5, 0.6) is 0 Å². The maximum Gasteiger partial charge on any atom is 0.472 e. The Morgan fingerprint density at radius 3 is 0.681 bits per heavy atom. The second kappa shape index (κ2) is 91.1. The first-order valence-electron chi connectivity index (χ1n) is 46.0. The minimum Gasteiger partial charge on any atom is -0.463 e. The van der Waals surface area contributed by atoms with Gasteiger partial charge >= 0.3 is 33.6 Å². The molecule has 0 saturated carbocycles. The van der Waals surface area contributed by atoms with Crippen molar-refractivity contribution in [2.75, 3.05) is 39.6 Å². The average molecular weight is 1700 g/mol. The summed E-state index contributed by atoms with van der Waals surface area (Å²) in [5.74, 6) is -1.64. The number of rotatable bonds is 85. The fraction of sp³-hybridized carbons (Fsp3) is 0.614. The molecule has 0 aliphatic carbocycles. The Kier molecular flexibility index (Phi) is 86.4. The summed E-state index contributed by atoms with van der Waals surface area (Å²) in [6.45, 7) is 2.29. The van der Waals surface area contributed by atoms with E-state index in [4.69, 9.17) is 32.3 Å². The third-order valence-corrected chi connectivity index (χ3v) is 20.6. The Labute approximate surface area is 723 Å². The molecule has 0 aliphatic heterocycles. The van der Waals surface area contributed by atoms with Gasteiger partial charge in [-0.25, -0.2) is 9.13 Å². The lowest BCUT2D eigenvalue weighted by Crippen LogP contribution is -2.30. The van der Waals surface area contributed by atoms with Crippen molar-refractivity contribution >= 4 is 33.6 Å². The van der Waals surface area contributed by atoms with Crippen LogP contribution in [0.25, 0.3) is 0 Å². The topological polar surface area (TPSA) is 231 Å². The summed E-state index contributed by atoms with van der Waals surface area (Å²) in [5, 5.41) is 20.7. The standard InChI is InChI=1S/C101H164O16P2/c1-4-7-10-13-16-19-22-25-28-31-34-37-39-41-43-45-47-49-51-53-55-58-60-63-66-69-72-75-78-81-84-87-99(104)111-90-96(102)91-113-118(107,108)114-92-97(103)93-115-119(109,110)116-95-98(117-101(106)89-86-83-80-77-74-71-68-65-62-57-36-33-30-27-24-21-18-15-12-9-6-3)94-112-100(105)88-85-82-79-76-73-70-67-64-61-59-56-54-52-50-48-46-44-42-40-38-35-32-29-26-23-20-17-14-11-8-5-2/h7-12,16-21,25-30,34-38,41-44,47-50,57,65,68,74,77,96-98,102-103H,4-6,13-15,22-24,31-33,39-40,45-46,51-56,58-64,66-67,69-73,75-76,78-95H2,1-3H3,(H,107,108)(H,109,110)/b10-7-,11-8-,12-9-,19-16-,20-17-,21-18-,28-25-,29-26-,30-27-,37-34-,38-35-,43-41-,44-42-,49-47-,50-48-,57-36-,68-65-,77-74-. The van der Waals surface area contributed by atoms with E-state index in [-0.39, 0.29) is 19.3 Å². The zero-order valence-electron chi connectivity index (χ0n) is 74.2.